The van der Waals surface area contributed by atoms with E-state index in [-0.39, 0.29) is 11.9 Å². The first-order valence-electron chi connectivity index (χ1n) is 7.27. The molecular weight excluding hydrogens is 232 g/mol. The summed E-state index contributed by atoms with van der Waals surface area (Å²) in [6.45, 7) is 0.594. The minimum absolute atomic E-state index is 0.00258. The Balaban J connectivity index is 1.23. The van der Waals surface area contributed by atoms with Gasteiger partial charge in [0.1, 0.15) is 0 Å². The Labute approximate surface area is 107 Å². The number of hydrogen-bond acceptors (Lipinski definition) is 4. The van der Waals surface area contributed by atoms with Gasteiger partial charge in [-0.05, 0) is 44.4 Å². The van der Waals surface area contributed by atoms with Crippen LogP contribution in [0.25, 0.3) is 0 Å². The fourth-order valence-corrected chi connectivity index (χ4v) is 3.57. The predicted octanol–water partition coefficient (Wildman–Crippen LogP) is 1.66. The summed E-state index contributed by atoms with van der Waals surface area (Å²) >= 11 is 0. The van der Waals surface area contributed by atoms with Gasteiger partial charge in [-0.15, -0.1) is 0 Å². The van der Waals surface area contributed by atoms with Crippen molar-refractivity contribution < 1.29 is 19.0 Å². The topological polar surface area (TPSA) is 51.4 Å². The van der Waals surface area contributed by atoms with Gasteiger partial charge in [0, 0.05) is 0 Å². The predicted molar refractivity (Wildman–Crippen MR) is 63.0 cm³/mol. The fourth-order valence-electron chi connectivity index (χ4n) is 3.57. The smallest absolute Gasteiger partial charge is 0.309 e. The quantitative estimate of drug-likeness (QED) is 0.566. The first kappa shape index (κ1) is 11.2. The Hall–Kier alpha value is -0.610. The summed E-state index contributed by atoms with van der Waals surface area (Å²) in [5, 5.41) is 0. The third-order valence-electron chi connectivity index (χ3n) is 4.91. The van der Waals surface area contributed by atoms with Gasteiger partial charge >= 0.3 is 5.97 Å². The molecule has 4 rings (SSSR count). The Morgan fingerprint density at radius 3 is 2.39 bits per heavy atom. The summed E-state index contributed by atoms with van der Waals surface area (Å²) in [5.74, 6) is 0.608. The molecule has 6 atom stereocenters. The summed E-state index contributed by atoms with van der Waals surface area (Å²) in [7, 11) is 0. The Morgan fingerprint density at radius 1 is 0.944 bits per heavy atom. The van der Waals surface area contributed by atoms with E-state index < -0.39 is 0 Å². The molecule has 4 fully saturated rings. The molecule has 0 unspecified atom stereocenters. The molecule has 100 valence electrons. The molecule has 2 aliphatic heterocycles. The van der Waals surface area contributed by atoms with Crippen LogP contribution in [0, 0.1) is 11.8 Å². The summed E-state index contributed by atoms with van der Waals surface area (Å²) in [4.78, 5) is 12.0. The van der Waals surface area contributed by atoms with Gasteiger partial charge in [0.05, 0.1) is 36.9 Å². The maximum Gasteiger partial charge on any atom is 0.309 e. The summed E-state index contributed by atoms with van der Waals surface area (Å²) in [6, 6.07) is 0. The monoisotopic (exact) mass is 252 g/mol. The second-order valence-corrected chi connectivity index (χ2v) is 6.25. The van der Waals surface area contributed by atoms with E-state index in [1.54, 1.807) is 0 Å². The van der Waals surface area contributed by atoms with Crippen molar-refractivity contribution >= 4 is 5.97 Å². The zero-order valence-electron chi connectivity index (χ0n) is 10.5. The fraction of sp³-hybridized carbons (Fsp3) is 0.929. The maximum atomic E-state index is 12.0. The number of rotatable bonds is 3. The highest BCUT2D eigenvalue weighted by Gasteiger charge is 2.47. The van der Waals surface area contributed by atoms with Crippen molar-refractivity contribution in [2.45, 2.75) is 62.9 Å². The minimum atomic E-state index is 0.00258. The molecule has 2 saturated heterocycles. The summed E-state index contributed by atoms with van der Waals surface area (Å²) < 4.78 is 16.4. The Kier molecular flexibility index (Phi) is 2.62. The molecule has 2 aliphatic carbocycles. The van der Waals surface area contributed by atoms with Gasteiger partial charge in [-0.1, -0.05) is 0 Å². The number of carbonyl (C=O) groups excluding carboxylic acids is 1. The van der Waals surface area contributed by atoms with Crippen LogP contribution in [0.4, 0.5) is 0 Å². The van der Waals surface area contributed by atoms with Crippen molar-refractivity contribution in [3.63, 3.8) is 0 Å². The van der Waals surface area contributed by atoms with Gasteiger partial charge in [0.2, 0.25) is 0 Å². The number of fused-ring (bicyclic) bond motifs is 2. The van der Waals surface area contributed by atoms with E-state index in [1.807, 2.05) is 0 Å². The van der Waals surface area contributed by atoms with Crippen LogP contribution in [-0.2, 0) is 19.0 Å². The van der Waals surface area contributed by atoms with Gasteiger partial charge in [-0.2, -0.15) is 0 Å². The molecule has 0 amide bonds. The largest absolute Gasteiger partial charge is 0.465 e. The van der Waals surface area contributed by atoms with E-state index in [0.29, 0.717) is 36.9 Å². The molecule has 2 saturated carbocycles. The lowest BCUT2D eigenvalue weighted by Gasteiger charge is -2.21. The third-order valence-corrected chi connectivity index (χ3v) is 4.91. The van der Waals surface area contributed by atoms with Crippen molar-refractivity contribution in [1.29, 1.82) is 0 Å². The first-order valence-corrected chi connectivity index (χ1v) is 7.27. The van der Waals surface area contributed by atoms with Gasteiger partial charge in [0.25, 0.3) is 0 Å². The second kappa shape index (κ2) is 4.20. The first-order chi connectivity index (χ1) is 8.79. The Bertz CT molecular complexity index is 356. The van der Waals surface area contributed by atoms with E-state index in [1.165, 1.54) is 0 Å². The summed E-state index contributed by atoms with van der Waals surface area (Å²) in [5.41, 5.74) is 0. The number of esters is 1. The van der Waals surface area contributed by atoms with E-state index in [2.05, 4.69) is 0 Å². The lowest BCUT2D eigenvalue weighted by atomic mass is 9.89. The minimum Gasteiger partial charge on any atom is -0.465 e. The standard InChI is InChI=1S/C14H20O4/c15-14(9-2-4-11-13(6-9)18-11)16-7-8-1-3-10-12(5-8)17-10/h8-13H,1-7H2/t8-,9+,10+,11-,12-,13+/m0/s1. The van der Waals surface area contributed by atoms with Crippen LogP contribution in [0.3, 0.4) is 0 Å². The van der Waals surface area contributed by atoms with E-state index in [4.69, 9.17) is 14.2 Å². The number of epoxide rings is 2. The molecule has 4 nitrogen and oxygen atoms in total. The van der Waals surface area contributed by atoms with Crippen molar-refractivity contribution in [2.24, 2.45) is 11.8 Å². The Morgan fingerprint density at radius 2 is 1.67 bits per heavy atom. The lowest BCUT2D eigenvalue weighted by molar-refractivity contribution is -0.151. The van der Waals surface area contributed by atoms with Crippen LogP contribution >= 0.6 is 0 Å². The van der Waals surface area contributed by atoms with Crippen LogP contribution in [-0.4, -0.2) is 37.0 Å². The molecule has 18 heavy (non-hydrogen) atoms. The van der Waals surface area contributed by atoms with Crippen LogP contribution in [0.2, 0.25) is 0 Å². The molecule has 2 heterocycles. The lowest BCUT2D eigenvalue weighted by Crippen LogP contribution is -2.27. The van der Waals surface area contributed by atoms with Crippen molar-refractivity contribution in [3.8, 4) is 0 Å². The molecule has 0 bridgehead atoms. The molecule has 0 N–H and O–H groups in total. The molecule has 0 radical (unpaired) electrons. The maximum absolute atomic E-state index is 12.0. The molecule has 0 aromatic carbocycles. The van der Waals surface area contributed by atoms with Crippen LogP contribution in [0.15, 0.2) is 0 Å². The molecule has 0 spiro atoms. The van der Waals surface area contributed by atoms with Crippen molar-refractivity contribution in [1.82, 2.24) is 0 Å². The van der Waals surface area contributed by atoms with Gasteiger partial charge in [0.15, 0.2) is 0 Å². The number of carbonyl (C=O) groups is 1. The SMILES string of the molecule is O=C(OC[C@H]1CC[C@H]2O[C@H]2C1)[C@@H]1CC[C@@H]2O[C@@H]2C1. The van der Waals surface area contributed by atoms with E-state index in [0.717, 1.165) is 38.5 Å². The van der Waals surface area contributed by atoms with Crippen molar-refractivity contribution in [3.05, 3.63) is 0 Å². The molecule has 4 heteroatoms. The summed E-state index contributed by atoms with van der Waals surface area (Å²) in [6.07, 6.45) is 8.03. The average Bonchev–Trinajstić information content (AvgIpc) is 3.26. The molecule has 0 aromatic rings. The highest BCUT2D eigenvalue weighted by atomic mass is 16.6. The highest BCUT2D eigenvalue weighted by molar-refractivity contribution is 5.72. The molecule has 0 aromatic heterocycles. The van der Waals surface area contributed by atoms with E-state index >= 15 is 0 Å². The average molecular weight is 252 g/mol. The zero-order chi connectivity index (χ0) is 12.1. The zero-order valence-corrected chi connectivity index (χ0v) is 10.5. The highest BCUT2D eigenvalue weighted by Crippen LogP contribution is 2.41. The van der Waals surface area contributed by atoms with Crippen LogP contribution < -0.4 is 0 Å². The second-order valence-electron chi connectivity index (χ2n) is 6.25. The van der Waals surface area contributed by atoms with Gasteiger partial charge < -0.3 is 14.2 Å². The van der Waals surface area contributed by atoms with Gasteiger partial charge in [-0.3, -0.25) is 4.79 Å². The van der Waals surface area contributed by atoms with Crippen molar-refractivity contribution in [2.75, 3.05) is 6.61 Å². The molecular formula is C14H20O4. The number of hydrogen-bond donors (Lipinski definition) is 0. The van der Waals surface area contributed by atoms with E-state index in [9.17, 15) is 4.79 Å². The van der Waals surface area contributed by atoms with Crippen LogP contribution in [0.5, 0.6) is 0 Å². The third kappa shape index (κ3) is 2.16. The molecule has 4 aliphatic rings. The van der Waals surface area contributed by atoms with Crippen LogP contribution in [0.1, 0.15) is 38.5 Å². The normalized spacial score (nSPS) is 48.9. The van der Waals surface area contributed by atoms with Gasteiger partial charge in [-0.25, -0.2) is 0 Å². The number of ether oxygens (including phenoxy) is 3.